The van der Waals surface area contributed by atoms with E-state index in [0.29, 0.717) is 31.8 Å². The topological polar surface area (TPSA) is 40.6 Å². The van der Waals surface area contributed by atoms with Crippen LogP contribution in [-0.2, 0) is 4.79 Å². The minimum absolute atomic E-state index is 0.0626. The average molecular weight is 350 g/mol. The molecular formula is C19H24F2N2O2. The average Bonchev–Trinajstić information content (AvgIpc) is 2.61. The summed E-state index contributed by atoms with van der Waals surface area (Å²) in [5.74, 6) is -1.31. The van der Waals surface area contributed by atoms with Gasteiger partial charge in [0.05, 0.1) is 5.56 Å². The molecule has 1 unspecified atom stereocenters. The molecule has 25 heavy (non-hydrogen) atoms. The Bertz CT molecular complexity index is 657. The van der Waals surface area contributed by atoms with Crippen LogP contribution < -0.4 is 0 Å². The quantitative estimate of drug-likeness (QED) is 0.822. The van der Waals surface area contributed by atoms with E-state index in [1.54, 1.807) is 4.90 Å². The highest BCUT2D eigenvalue weighted by Crippen LogP contribution is 2.25. The normalized spacial score (nSPS) is 22.1. The van der Waals surface area contributed by atoms with Crippen molar-refractivity contribution < 1.29 is 18.4 Å². The zero-order valence-electron chi connectivity index (χ0n) is 14.5. The first kappa shape index (κ1) is 17.8. The van der Waals surface area contributed by atoms with Crippen molar-refractivity contribution in [1.82, 2.24) is 9.80 Å². The van der Waals surface area contributed by atoms with Crippen molar-refractivity contribution in [2.45, 2.75) is 32.6 Å². The van der Waals surface area contributed by atoms with E-state index in [2.05, 4.69) is 6.92 Å². The van der Waals surface area contributed by atoms with E-state index in [1.807, 2.05) is 4.90 Å². The summed E-state index contributed by atoms with van der Waals surface area (Å²) in [6, 6.07) is 2.99. The number of likely N-dealkylation sites (tertiary alicyclic amines) is 2. The van der Waals surface area contributed by atoms with Gasteiger partial charge in [-0.1, -0.05) is 6.92 Å². The largest absolute Gasteiger partial charge is 0.342 e. The Morgan fingerprint density at radius 2 is 1.76 bits per heavy atom. The van der Waals surface area contributed by atoms with Crippen LogP contribution in [0.2, 0.25) is 0 Å². The molecule has 2 saturated heterocycles. The maximum atomic E-state index is 13.8. The van der Waals surface area contributed by atoms with Crippen molar-refractivity contribution >= 4 is 11.8 Å². The van der Waals surface area contributed by atoms with Gasteiger partial charge in [0.25, 0.3) is 5.91 Å². The van der Waals surface area contributed by atoms with Crippen molar-refractivity contribution in [3.8, 4) is 0 Å². The standard InChI is InChI=1S/C19H24F2N2O2/c1-13-3-2-8-23(12-13)18(24)14-6-9-22(10-7-14)19(25)16-5-4-15(20)11-17(16)21/h4-5,11,13-14H,2-3,6-10,12H2,1H3. The molecule has 0 N–H and O–H groups in total. The van der Waals surface area contributed by atoms with Gasteiger partial charge in [-0.3, -0.25) is 9.59 Å². The third-order valence-electron chi connectivity index (χ3n) is 5.26. The van der Waals surface area contributed by atoms with E-state index in [1.165, 1.54) is 12.5 Å². The van der Waals surface area contributed by atoms with Gasteiger partial charge in [-0.05, 0) is 43.7 Å². The molecule has 1 atom stereocenters. The molecule has 1 aromatic carbocycles. The molecule has 136 valence electrons. The fourth-order valence-corrected chi connectivity index (χ4v) is 3.81. The Morgan fingerprint density at radius 3 is 2.40 bits per heavy atom. The summed E-state index contributed by atoms with van der Waals surface area (Å²) in [6.45, 7) is 4.66. The van der Waals surface area contributed by atoms with Gasteiger partial charge in [0.2, 0.25) is 5.91 Å². The highest BCUT2D eigenvalue weighted by molar-refractivity contribution is 5.94. The maximum absolute atomic E-state index is 13.8. The van der Waals surface area contributed by atoms with Crippen LogP contribution in [0.5, 0.6) is 0 Å². The minimum Gasteiger partial charge on any atom is -0.342 e. The van der Waals surface area contributed by atoms with E-state index in [-0.39, 0.29) is 17.4 Å². The zero-order valence-corrected chi connectivity index (χ0v) is 14.5. The van der Waals surface area contributed by atoms with Crippen LogP contribution in [0.3, 0.4) is 0 Å². The number of benzene rings is 1. The van der Waals surface area contributed by atoms with Crippen LogP contribution in [0.15, 0.2) is 18.2 Å². The van der Waals surface area contributed by atoms with E-state index in [0.717, 1.165) is 31.6 Å². The Kier molecular flexibility index (Phi) is 5.35. The lowest BCUT2D eigenvalue weighted by Gasteiger charge is -2.37. The van der Waals surface area contributed by atoms with Crippen LogP contribution in [0.1, 0.15) is 43.0 Å². The molecular weight excluding hydrogens is 326 g/mol. The first-order valence-electron chi connectivity index (χ1n) is 8.99. The molecule has 2 aliphatic rings. The highest BCUT2D eigenvalue weighted by Gasteiger charge is 2.32. The molecule has 0 bridgehead atoms. The van der Waals surface area contributed by atoms with E-state index < -0.39 is 17.5 Å². The van der Waals surface area contributed by atoms with Gasteiger partial charge in [-0.2, -0.15) is 0 Å². The van der Waals surface area contributed by atoms with Crippen molar-refractivity contribution in [2.24, 2.45) is 11.8 Å². The molecule has 6 heteroatoms. The van der Waals surface area contributed by atoms with Crippen molar-refractivity contribution in [2.75, 3.05) is 26.2 Å². The third-order valence-corrected chi connectivity index (χ3v) is 5.26. The Hall–Kier alpha value is -1.98. The maximum Gasteiger partial charge on any atom is 0.256 e. The SMILES string of the molecule is CC1CCCN(C(=O)C2CCN(C(=O)c3ccc(F)cc3F)CC2)C1. The third kappa shape index (κ3) is 3.99. The molecule has 4 nitrogen and oxygen atoms in total. The second-order valence-electron chi connectivity index (χ2n) is 7.22. The van der Waals surface area contributed by atoms with Crippen molar-refractivity contribution in [1.29, 1.82) is 0 Å². The van der Waals surface area contributed by atoms with Gasteiger partial charge in [0.15, 0.2) is 0 Å². The Morgan fingerprint density at radius 1 is 1.04 bits per heavy atom. The Labute approximate surface area is 146 Å². The lowest BCUT2D eigenvalue weighted by molar-refractivity contribution is -0.138. The molecule has 2 aliphatic heterocycles. The van der Waals surface area contributed by atoms with Gasteiger partial charge in [0, 0.05) is 38.2 Å². The number of rotatable bonds is 2. The van der Waals surface area contributed by atoms with Gasteiger partial charge in [0.1, 0.15) is 11.6 Å². The molecule has 0 radical (unpaired) electrons. The molecule has 0 saturated carbocycles. The van der Waals surface area contributed by atoms with Crippen molar-refractivity contribution in [3.05, 3.63) is 35.4 Å². The van der Waals surface area contributed by atoms with Crippen LogP contribution in [-0.4, -0.2) is 47.8 Å². The molecule has 2 amide bonds. The molecule has 1 aromatic rings. The van der Waals surface area contributed by atoms with Crippen LogP contribution in [0.4, 0.5) is 8.78 Å². The molecule has 2 heterocycles. The summed E-state index contributed by atoms with van der Waals surface area (Å²) in [6.07, 6.45) is 3.41. The summed E-state index contributed by atoms with van der Waals surface area (Å²) < 4.78 is 26.8. The first-order valence-corrected chi connectivity index (χ1v) is 8.99. The predicted octanol–water partition coefficient (Wildman–Crippen LogP) is 3.08. The van der Waals surface area contributed by atoms with Gasteiger partial charge >= 0.3 is 0 Å². The van der Waals surface area contributed by atoms with Crippen LogP contribution in [0, 0.1) is 23.5 Å². The minimum atomic E-state index is -0.842. The summed E-state index contributed by atoms with van der Waals surface area (Å²) in [5, 5.41) is 0. The van der Waals surface area contributed by atoms with Gasteiger partial charge < -0.3 is 9.80 Å². The number of hydrogen-bond acceptors (Lipinski definition) is 2. The lowest BCUT2D eigenvalue weighted by Crippen LogP contribution is -2.47. The molecule has 2 fully saturated rings. The van der Waals surface area contributed by atoms with E-state index >= 15 is 0 Å². The van der Waals surface area contributed by atoms with E-state index in [9.17, 15) is 18.4 Å². The highest BCUT2D eigenvalue weighted by atomic mass is 19.1. The van der Waals surface area contributed by atoms with Gasteiger partial charge in [-0.25, -0.2) is 8.78 Å². The molecule has 0 aromatic heterocycles. The zero-order chi connectivity index (χ0) is 18.0. The fraction of sp³-hybridized carbons (Fsp3) is 0.579. The number of nitrogens with zero attached hydrogens (tertiary/aromatic N) is 2. The van der Waals surface area contributed by atoms with Crippen LogP contribution in [0.25, 0.3) is 0 Å². The van der Waals surface area contributed by atoms with Gasteiger partial charge in [-0.15, -0.1) is 0 Å². The summed E-state index contributed by atoms with van der Waals surface area (Å²) in [4.78, 5) is 28.6. The number of carbonyl (C=O) groups excluding carboxylic acids is 2. The summed E-state index contributed by atoms with van der Waals surface area (Å²) in [7, 11) is 0. The summed E-state index contributed by atoms with van der Waals surface area (Å²) >= 11 is 0. The Balaban J connectivity index is 1.58. The second-order valence-corrected chi connectivity index (χ2v) is 7.22. The lowest BCUT2D eigenvalue weighted by atomic mass is 9.92. The number of halogens is 2. The number of amides is 2. The smallest absolute Gasteiger partial charge is 0.256 e. The predicted molar refractivity (Wildman–Crippen MR) is 90.0 cm³/mol. The van der Waals surface area contributed by atoms with E-state index in [4.69, 9.17) is 0 Å². The second kappa shape index (κ2) is 7.50. The van der Waals surface area contributed by atoms with Crippen LogP contribution >= 0.6 is 0 Å². The monoisotopic (exact) mass is 350 g/mol. The number of piperidine rings is 2. The van der Waals surface area contributed by atoms with Crippen molar-refractivity contribution in [3.63, 3.8) is 0 Å². The summed E-state index contributed by atoms with van der Waals surface area (Å²) in [5.41, 5.74) is -0.115. The number of carbonyl (C=O) groups is 2. The fourth-order valence-electron chi connectivity index (χ4n) is 3.81. The molecule has 0 spiro atoms. The molecule has 0 aliphatic carbocycles. The first-order chi connectivity index (χ1) is 12.0. The molecule has 3 rings (SSSR count). The number of hydrogen-bond donors (Lipinski definition) is 0.